The average Bonchev–Trinajstić information content (AvgIpc) is 3.09. The molecule has 1 N–H and O–H groups in total. The molecule has 0 spiro atoms. The van der Waals surface area contributed by atoms with Gasteiger partial charge in [-0.25, -0.2) is 4.68 Å². The van der Waals surface area contributed by atoms with Crippen molar-refractivity contribution >= 4 is 22.6 Å². The zero-order chi connectivity index (χ0) is 22.1. The van der Waals surface area contributed by atoms with Gasteiger partial charge in [-0.05, 0) is 56.5 Å². The van der Waals surface area contributed by atoms with Crippen molar-refractivity contribution in [1.82, 2.24) is 14.3 Å². The molecule has 4 rings (SSSR count). The lowest BCUT2D eigenvalue weighted by Crippen LogP contribution is -2.25. The van der Waals surface area contributed by atoms with Gasteiger partial charge in [0.2, 0.25) is 5.91 Å². The number of aryl methyl sites for hydroxylation is 5. The lowest BCUT2D eigenvalue weighted by Gasteiger charge is -2.14. The van der Waals surface area contributed by atoms with Crippen molar-refractivity contribution in [3.63, 3.8) is 0 Å². The second-order valence-corrected chi connectivity index (χ2v) is 7.91. The normalized spacial score (nSPS) is 11.1. The van der Waals surface area contributed by atoms with Crippen molar-refractivity contribution < 1.29 is 4.79 Å². The van der Waals surface area contributed by atoms with E-state index >= 15 is 0 Å². The van der Waals surface area contributed by atoms with E-state index in [1.165, 1.54) is 0 Å². The molecule has 0 aliphatic rings. The van der Waals surface area contributed by atoms with Crippen molar-refractivity contribution in [3.8, 4) is 5.69 Å². The first kappa shape index (κ1) is 20.6. The van der Waals surface area contributed by atoms with Gasteiger partial charge in [-0.1, -0.05) is 36.4 Å². The first-order valence-corrected chi connectivity index (χ1v) is 10.4. The van der Waals surface area contributed by atoms with Crippen LogP contribution in [0.5, 0.6) is 0 Å². The summed E-state index contributed by atoms with van der Waals surface area (Å²) >= 11 is 0. The van der Waals surface area contributed by atoms with Crippen molar-refractivity contribution in [2.45, 2.75) is 40.7 Å². The SMILES string of the molecule is Cc1cccc(C)c1NC(=O)CCn1c(=O)cc(C)c2c(C)nn(-c3ccccc3)c21. The Kier molecular flexibility index (Phi) is 5.46. The fraction of sp³-hybridized carbons (Fsp3) is 0.240. The molecular weight excluding hydrogens is 388 g/mol. The first-order chi connectivity index (χ1) is 14.9. The summed E-state index contributed by atoms with van der Waals surface area (Å²) in [6.07, 6.45) is 0.185. The molecule has 2 aromatic carbocycles. The number of benzene rings is 2. The molecule has 0 unspecified atom stereocenters. The summed E-state index contributed by atoms with van der Waals surface area (Å²) in [5, 5.41) is 8.64. The molecule has 1 amide bonds. The summed E-state index contributed by atoms with van der Waals surface area (Å²) in [7, 11) is 0. The van der Waals surface area contributed by atoms with Crippen LogP contribution in [0.3, 0.4) is 0 Å². The van der Waals surface area contributed by atoms with E-state index in [2.05, 4.69) is 5.32 Å². The molecule has 0 fully saturated rings. The number of nitrogens with one attached hydrogen (secondary N) is 1. The minimum absolute atomic E-state index is 0.125. The highest BCUT2D eigenvalue weighted by Crippen LogP contribution is 2.24. The number of rotatable bonds is 5. The van der Waals surface area contributed by atoms with Gasteiger partial charge < -0.3 is 5.32 Å². The van der Waals surface area contributed by atoms with E-state index in [9.17, 15) is 9.59 Å². The average molecular weight is 415 g/mol. The number of carbonyl (C=O) groups is 1. The maximum Gasteiger partial charge on any atom is 0.252 e. The molecule has 0 saturated carbocycles. The monoisotopic (exact) mass is 414 g/mol. The maximum atomic E-state index is 12.9. The van der Waals surface area contributed by atoms with Gasteiger partial charge in [-0.15, -0.1) is 0 Å². The lowest BCUT2D eigenvalue weighted by molar-refractivity contribution is -0.116. The number of amides is 1. The van der Waals surface area contributed by atoms with Crippen LogP contribution in [0.25, 0.3) is 16.7 Å². The Morgan fingerprint density at radius 2 is 1.61 bits per heavy atom. The summed E-state index contributed by atoms with van der Waals surface area (Å²) in [6.45, 7) is 8.07. The molecule has 0 radical (unpaired) electrons. The highest BCUT2D eigenvalue weighted by atomic mass is 16.2. The molecule has 0 aliphatic heterocycles. The third kappa shape index (κ3) is 3.89. The van der Waals surface area contributed by atoms with Crippen LogP contribution in [0.1, 0.15) is 28.8 Å². The molecule has 6 nitrogen and oxygen atoms in total. The summed E-state index contributed by atoms with van der Waals surface area (Å²) < 4.78 is 3.45. The number of hydrogen-bond acceptors (Lipinski definition) is 3. The Hall–Kier alpha value is -3.67. The smallest absolute Gasteiger partial charge is 0.252 e. The van der Waals surface area contributed by atoms with Crippen LogP contribution in [-0.2, 0) is 11.3 Å². The number of nitrogens with zero attached hydrogens (tertiary/aromatic N) is 3. The minimum atomic E-state index is -0.137. The third-order valence-electron chi connectivity index (χ3n) is 5.60. The number of anilines is 1. The molecule has 6 heteroatoms. The van der Waals surface area contributed by atoms with E-state index in [0.29, 0.717) is 5.65 Å². The lowest BCUT2D eigenvalue weighted by atomic mass is 10.1. The predicted octanol–water partition coefficient (Wildman–Crippen LogP) is 4.45. The molecule has 0 saturated heterocycles. The fourth-order valence-corrected chi connectivity index (χ4v) is 4.06. The standard InChI is InChI=1S/C25H26N4O2/c1-16-9-8-10-17(2)24(16)26-21(30)13-14-28-22(31)15-18(3)23-19(4)27-29(25(23)28)20-11-6-5-7-12-20/h5-12,15H,13-14H2,1-4H3,(H,26,30). The van der Waals surface area contributed by atoms with Crippen LogP contribution < -0.4 is 10.9 Å². The highest BCUT2D eigenvalue weighted by molar-refractivity contribution is 5.92. The van der Waals surface area contributed by atoms with Crippen molar-refractivity contribution in [2.24, 2.45) is 0 Å². The van der Waals surface area contributed by atoms with Crippen LogP contribution in [0.2, 0.25) is 0 Å². The van der Waals surface area contributed by atoms with E-state index in [0.717, 1.165) is 39.1 Å². The van der Waals surface area contributed by atoms with Gasteiger partial charge in [0.15, 0.2) is 0 Å². The van der Waals surface area contributed by atoms with Gasteiger partial charge in [-0.3, -0.25) is 14.2 Å². The summed E-state index contributed by atoms with van der Waals surface area (Å²) in [5.74, 6) is -0.125. The Labute approximate surface area is 181 Å². The Balaban J connectivity index is 1.71. The van der Waals surface area contributed by atoms with Gasteiger partial charge in [0, 0.05) is 30.1 Å². The molecule has 4 aromatic rings. The minimum Gasteiger partial charge on any atom is -0.326 e. The van der Waals surface area contributed by atoms with E-state index in [1.54, 1.807) is 15.3 Å². The molecular formula is C25H26N4O2. The topological polar surface area (TPSA) is 68.9 Å². The van der Waals surface area contributed by atoms with Gasteiger partial charge in [-0.2, -0.15) is 5.10 Å². The van der Waals surface area contributed by atoms with Gasteiger partial charge in [0.1, 0.15) is 5.65 Å². The van der Waals surface area contributed by atoms with E-state index < -0.39 is 0 Å². The molecule has 0 bridgehead atoms. The number of aromatic nitrogens is 3. The zero-order valence-electron chi connectivity index (χ0n) is 18.3. The van der Waals surface area contributed by atoms with Crippen LogP contribution >= 0.6 is 0 Å². The largest absolute Gasteiger partial charge is 0.326 e. The maximum absolute atomic E-state index is 12.9. The van der Waals surface area contributed by atoms with Crippen LogP contribution in [0, 0.1) is 27.7 Å². The van der Waals surface area contributed by atoms with Crippen molar-refractivity contribution in [3.05, 3.63) is 87.3 Å². The van der Waals surface area contributed by atoms with Crippen LogP contribution in [-0.4, -0.2) is 20.3 Å². The quantitative estimate of drug-likeness (QED) is 0.525. The number of fused-ring (bicyclic) bond motifs is 1. The summed E-state index contributed by atoms with van der Waals surface area (Å²) in [6, 6.07) is 17.3. The Morgan fingerprint density at radius 3 is 2.29 bits per heavy atom. The van der Waals surface area contributed by atoms with E-state index in [-0.39, 0.29) is 24.4 Å². The molecule has 2 aromatic heterocycles. The number of pyridine rings is 1. The molecule has 158 valence electrons. The van der Waals surface area contributed by atoms with Crippen LogP contribution in [0.4, 0.5) is 5.69 Å². The van der Waals surface area contributed by atoms with E-state index in [4.69, 9.17) is 5.10 Å². The summed E-state index contributed by atoms with van der Waals surface area (Å²) in [4.78, 5) is 25.6. The zero-order valence-corrected chi connectivity index (χ0v) is 18.3. The molecule has 0 atom stereocenters. The van der Waals surface area contributed by atoms with Crippen molar-refractivity contribution in [1.29, 1.82) is 0 Å². The van der Waals surface area contributed by atoms with E-state index in [1.807, 2.05) is 76.2 Å². The Morgan fingerprint density at radius 1 is 0.935 bits per heavy atom. The Bertz CT molecular complexity index is 1310. The number of carbonyl (C=O) groups excluding carboxylic acids is 1. The molecule has 2 heterocycles. The fourth-order valence-electron chi connectivity index (χ4n) is 4.06. The summed E-state index contributed by atoms with van der Waals surface area (Å²) in [5.41, 5.74) is 6.05. The van der Waals surface area contributed by atoms with Gasteiger partial charge in [0.25, 0.3) is 5.56 Å². The number of para-hydroxylation sites is 2. The highest BCUT2D eigenvalue weighted by Gasteiger charge is 2.18. The third-order valence-corrected chi connectivity index (χ3v) is 5.60. The molecule has 0 aliphatic carbocycles. The van der Waals surface area contributed by atoms with Crippen molar-refractivity contribution in [2.75, 3.05) is 5.32 Å². The number of hydrogen-bond donors (Lipinski definition) is 1. The molecule has 31 heavy (non-hydrogen) atoms. The first-order valence-electron chi connectivity index (χ1n) is 10.4. The second-order valence-electron chi connectivity index (χ2n) is 7.91. The predicted molar refractivity (Wildman–Crippen MR) is 124 cm³/mol. The second kappa shape index (κ2) is 8.22. The van der Waals surface area contributed by atoms with Gasteiger partial charge in [0.05, 0.1) is 11.4 Å². The van der Waals surface area contributed by atoms with Crippen LogP contribution in [0.15, 0.2) is 59.4 Å². The van der Waals surface area contributed by atoms with Gasteiger partial charge >= 0.3 is 0 Å².